The zero-order chi connectivity index (χ0) is 13.6. The Morgan fingerprint density at radius 2 is 1.67 bits per heavy atom. The molecule has 1 heterocycles. The molecule has 1 N–H and O–H groups in total. The zero-order valence-electron chi connectivity index (χ0n) is 12.5. The van der Waals surface area contributed by atoms with E-state index in [1.54, 1.807) is 7.11 Å². The summed E-state index contributed by atoms with van der Waals surface area (Å²) >= 11 is 0. The Hall–Kier alpha value is -0.160. The summed E-state index contributed by atoms with van der Waals surface area (Å²) in [6.45, 7) is 13.4. The fourth-order valence-corrected chi connectivity index (χ4v) is 2.15. The molecule has 1 atom stereocenters. The monoisotopic (exact) mass is 258 g/mol. The van der Waals surface area contributed by atoms with Gasteiger partial charge in [-0.05, 0) is 11.8 Å². The lowest BCUT2D eigenvalue weighted by Gasteiger charge is -2.38. The number of aliphatic hydroxyl groups is 1. The molecule has 1 aliphatic rings. The SMILES string of the molecule is COCCCN1CCN(C[C@@H](O)C(C)(C)C)CC1. The van der Waals surface area contributed by atoms with Crippen molar-refractivity contribution in [1.29, 1.82) is 0 Å². The summed E-state index contributed by atoms with van der Waals surface area (Å²) in [5.41, 5.74) is -0.0183. The zero-order valence-corrected chi connectivity index (χ0v) is 12.5. The third kappa shape index (κ3) is 5.65. The van der Waals surface area contributed by atoms with Crippen molar-refractivity contribution in [2.45, 2.75) is 33.3 Å². The molecular weight excluding hydrogens is 228 g/mol. The van der Waals surface area contributed by atoms with Crippen molar-refractivity contribution in [3.63, 3.8) is 0 Å². The molecule has 0 aromatic carbocycles. The average Bonchev–Trinajstić information content (AvgIpc) is 2.30. The number of hydrogen-bond acceptors (Lipinski definition) is 4. The first-order valence-corrected chi connectivity index (χ1v) is 7.05. The standard InChI is InChI=1S/C14H30N2O2/c1-14(2,3)13(17)12-16-9-7-15(8-10-16)6-5-11-18-4/h13,17H,5-12H2,1-4H3/t13-/m1/s1. The van der Waals surface area contributed by atoms with Gasteiger partial charge >= 0.3 is 0 Å². The second-order valence-electron chi connectivity index (χ2n) is 6.37. The topological polar surface area (TPSA) is 35.9 Å². The Kier molecular flexibility index (Phi) is 6.57. The van der Waals surface area contributed by atoms with Crippen LogP contribution >= 0.6 is 0 Å². The highest BCUT2D eigenvalue weighted by atomic mass is 16.5. The lowest BCUT2D eigenvalue weighted by atomic mass is 9.89. The smallest absolute Gasteiger partial charge is 0.0715 e. The summed E-state index contributed by atoms with van der Waals surface area (Å²) in [5.74, 6) is 0. The Balaban J connectivity index is 2.19. The molecule has 1 rings (SSSR count). The Labute approximate surface area is 112 Å². The Bertz CT molecular complexity index is 220. The van der Waals surface area contributed by atoms with E-state index in [4.69, 9.17) is 4.74 Å². The van der Waals surface area contributed by atoms with Crippen LogP contribution < -0.4 is 0 Å². The maximum atomic E-state index is 10.1. The molecule has 1 saturated heterocycles. The molecule has 18 heavy (non-hydrogen) atoms. The van der Waals surface area contributed by atoms with Crippen LogP contribution in [0.25, 0.3) is 0 Å². The first kappa shape index (κ1) is 15.9. The number of aliphatic hydroxyl groups excluding tert-OH is 1. The van der Waals surface area contributed by atoms with E-state index in [1.165, 1.54) is 0 Å². The van der Waals surface area contributed by atoms with Crippen LogP contribution in [0.2, 0.25) is 0 Å². The van der Waals surface area contributed by atoms with Gasteiger partial charge in [0.2, 0.25) is 0 Å². The van der Waals surface area contributed by atoms with Crippen LogP contribution in [0.1, 0.15) is 27.2 Å². The fraction of sp³-hybridized carbons (Fsp3) is 1.00. The quantitative estimate of drug-likeness (QED) is 0.722. The molecule has 0 spiro atoms. The van der Waals surface area contributed by atoms with E-state index in [0.29, 0.717) is 0 Å². The lowest BCUT2D eigenvalue weighted by molar-refractivity contribution is 0.0127. The van der Waals surface area contributed by atoms with Crippen molar-refractivity contribution in [3.05, 3.63) is 0 Å². The summed E-state index contributed by atoms with van der Waals surface area (Å²) in [5, 5.41) is 10.1. The first-order chi connectivity index (χ1) is 8.43. The summed E-state index contributed by atoms with van der Waals surface area (Å²) in [4.78, 5) is 4.86. The van der Waals surface area contributed by atoms with Crippen molar-refractivity contribution in [1.82, 2.24) is 9.80 Å². The molecule has 0 aromatic heterocycles. The minimum absolute atomic E-state index is 0.0183. The third-order valence-corrected chi connectivity index (χ3v) is 3.72. The normalized spacial score (nSPS) is 21.2. The van der Waals surface area contributed by atoms with Crippen LogP contribution in [0.5, 0.6) is 0 Å². The van der Waals surface area contributed by atoms with Gasteiger partial charge in [0.1, 0.15) is 0 Å². The molecule has 1 aliphatic heterocycles. The number of ether oxygens (including phenoxy) is 1. The second-order valence-corrected chi connectivity index (χ2v) is 6.37. The van der Waals surface area contributed by atoms with E-state index in [2.05, 4.69) is 30.6 Å². The molecule has 4 heteroatoms. The summed E-state index contributed by atoms with van der Waals surface area (Å²) < 4.78 is 5.07. The number of piperazine rings is 1. The molecule has 0 aromatic rings. The highest BCUT2D eigenvalue weighted by Gasteiger charge is 2.26. The van der Waals surface area contributed by atoms with E-state index in [9.17, 15) is 5.11 Å². The molecule has 0 radical (unpaired) electrons. The fourth-order valence-electron chi connectivity index (χ4n) is 2.15. The van der Waals surface area contributed by atoms with Gasteiger partial charge in [0, 0.05) is 53.0 Å². The molecule has 0 aliphatic carbocycles. The second kappa shape index (κ2) is 7.43. The average molecular weight is 258 g/mol. The van der Waals surface area contributed by atoms with Gasteiger partial charge in [-0.2, -0.15) is 0 Å². The van der Waals surface area contributed by atoms with Gasteiger partial charge in [0.05, 0.1) is 6.10 Å². The molecule has 0 unspecified atom stereocenters. The van der Waals surface area contributed by atoms with Crippen molar-refractivity contribution in [2.24, 2.45) is 5.41 Å². The molecule has 0 amide bonds. The minimum atomic E-state index is -0.238. The van der Waals surface area contributed by atoms with E-state index < -0.39 is 0 Å². The first-order valence-electron chi connectivity index (χ1n) is 7.05. The summed E-state index contributed by atoms with van der Waals surface area (Å²) in [6.07, 6.45) is 0.874. The number of hydrogen-bond donors (Lipinski definition) is 1. The molecule has 0 saturated carbocycles. The van der Waals surface area contributed by atoms with E-state index in [0.717, 1.165) is 52.3 Å². The van der Waals surface area contributed by atoms with Crippen LogP contribution in [0.15, 0.2) is 0 Å². The molecule has 4 nitrogen and oxygen atoms in total. The minimum Gasteiger partial charge on any atom is -0.391 e. The van der Waals surface area contributed by atoms with Crippen LogP contribution in [0, 0.1) is 5.41 Å². The highest BCUT2D eigenvalue weighted by Crippen LogP contribution is 2.20. The highest BCUT2D eigenvalue weighted by molar-refractivity contribution is 4.79. The molecule has 0 bridgehead atoms. The number of nitrogens with zero attached hydrogens (tertiary/aromatic N) is 2. The van der Waals surface area contributed by atoms with Gasteiger partial charge in [-0.15, -0.1) is 0 Å². The van der Waals surface area contributed by atoms with Crippen molar-refractivity contribution in [3.8, 4) is 0 Å². The summed E-state index contributed by atoms with van der Waals surface area (Å²) in [7, 11) is 1.76. The Morgan fingerprint density at radius 3 is 2.17 bits per heavy atom. The van der Waals surface area contributed by atoms with E-state index in [1.807, 2.05) is 0 Å². The third-order valence-electron chi connectivity index (χ3n) is 3.72. The number of rotatable bonds is 6. The van der Waals surface area contributed by atoms with Gasteiger partial charge in [-0.3, -0.25) is 4.90 Å². The van der Waals surface area contributed by atoms with Gasteiger partial charge in [0.25, 0.3) is 0 Å². The predicted molar refractivity (Wildman–Crippen MR) is 74.8 cm³/mol. The lowest BCUT2D eigenvalue weighted by Crippen LogP contribution is -2.50. The molecule has 1 fully saturated rings. The van der Waals surface area contributed by atoms with Gasteiger partial charge in [-0.25, -0.2) is 0 Å². The number of methoxy groups -OCH3 is 1. The van der Waals surface area contributed by atoms with Gasteiger partial charge in [-0.1, -0.05) is 20.8 Å². The Morgan fingerprint density at radius 1 is 1.11 bits per heavy atom. The van der Waals surface area contributed by atoms with Crippen molar-refractivity contribution in [2.75, 3.05) is 53.0 Å². The van der Waals surface area contributed by atoms with Crippen molar-refractivity contribution < 1.29 is 9.84 Å². The van der Waals surface area contributed by atoms with Crippen LogP contribution in [-0.2, 0) is 4.74 Å². The number of β-amino-alcohol motifs (C(OH)–C–C–N with tert-alkyl or cyclic N) is 1. The van der Waals surface area contributed by atoms with Crippen LogP contribution in [0.4, 0.5) is 0 Å². The van der Waals surface area contributed by atoms with Gasteiger partial charge < -0.3 is 14.7 Å². The largest absolute Gasteiger partial charge is 0.391 e. The molecular formula is C14H30N2O2. The maximum Gasteiger partial charge on any atom is 0.0715 e. The van der Waals surface area contributed by atoms with Crippen molar-refractivity contribution >= 4 is 0 Å². The summed E-state index contributed by atoms with van der Waals surface area (Å²) in [6, 6.07) is 0. The predicted octanol–water partition coefficient (Wildman–Crippen LogP) is 1.05. The van der Waals surface area contributed by atoms with E-state index in [-0.39, 0.29) is 11.5 Å². The maximum absolute atomic E-state index is 10.1. The molecule has 108 valence electrons. The van der Waals surface area contributed by atoms with E-state index >= 15 is 0 Å². The van der Waals surface area contributed by atoms with Crippen LogP contribution in [-0.4, -0.2) is 74.0 Å². The van der Waals surface area contributed by atoms with Crippen LogP contribution in [0.3, 0.4) is 0 Å². The van der Waals surface area contributed by atoms with Gasteiger partial charge in [0.15, 0.2) is 0 Å².